The molecule has 0 atom stereocenters. The highest BCUT2D eigenvalue weighted by atomic mass is 79.9. The van der Waals surface area contributed by atoms with E-state index in [4.69, 9.17) is 15.8 Å². The molecule has 0 fully saturated rings. The van der Waals surface area contributed by atoms with Crippen LogP contribution < -0.4 is 9.50 Å². The summed E-state index contributed by atoms with van der Waals surface area (Å²) in [5, 5.41) is 12.6. The summed E-state index contributed by atoms with van der Waals surface area (Å²) in [5.74, 6) is -0.692. The number of hydrogen-bond acceptors (Lipinski definition) is 5. The van der Waals surface area contributed by atoms with Crippen LogP contribution in [0.15, 0.2) is 81.7 Å². The topological polar surface area (TPSA) is 96.3 Å². The third-order valence-corrected chi connectivity index (χ3v) is 6.24. The second-order valence-corrected chi connectivity index (χ2v) is 9.56. The maximum absolute atomic E-state index is 12.7. The molecule has 0 saturated heterocycles. The van der Waals surface area contributed by atoms with Crippen molar-refractivity contribution in [3.05, 3.63) is 92.9 Å². The summed E-state index contributed by atoms with van der Waals surface area (Å²) in [5.41, 5.74) is 1.35. The first-order chi connectivity index (χ1) is 15.2. The van der Waals surface area contributed by atoms with Gasteiger partial charge in [-0.05, 0) is 67.6 Å². The van der Waals surface area contributed by atoms with E-state index in [9.17, 15) is 18.5 Å². The summed E-state index contributed by atoms with van der Waals surface area (Å²) in [6.07, 6.45) is 1.26. The van der Waals surface area contributed by atoms with Crippen molar-refractivity contribution < 1.29 is 17.4 Å². The van der Waals surface area contributed by atoms with Gasteiger partial charge in [-0.3, -0.25) is 4.79 Å². The number of nitrogens with one attached hydrogen (secondary N) is 1. The molecule has 0 saturated carbocycles. The molecule has 32 heavy (non-hydrogen) atoms. The van der Waals surface area contributed by atoms with E-state index in [0.29, 0.717) is 15.2 Å². The van der Waals surface area contributed by atoms with Crippen LogP contribution in [0.1, 0.15) is 11.1 Å². The minimum atomic E-state index is -4.12. The predicted molar refractivity (Wildman–Crippen MR) is 127 cm³/mol. The lowest BCUT2D eigenvalue weighted by Crippen LogP contribution is -2.14. The maximum atomic E-state index is 12.7. The summed E-state index contributed by atoms with van der Waals surface area (Å²) in [6, 6.07) is 19.0. The molecular formula is C23H16BrClN2O4S. The van der Waals surface area contributed by atoms with Gasteiger partial charge in [-0.2, -0.15) is 13.7 Å². The number of nitrogens with zero attached hydrogens (tertiary/aromatic N) is 1. The molecule has 1 amide bonds. The van der Waals surface area contributed by atoms with Crippen LogP contribution in [0.4, 0.5) is 5.69 Å². The standard InChI is InChI=1S/C23H16BrClN2O4S/c1-15-2-9-21(10-3-15)32(29,30)31-22-11-4-18(24)13-16(22)12-17(14-26)23(28)27-20-7-5-19(25)6-8-20/h2-13H,1H3,(H,27,28)/b17-12-. The van der Waals surface area contributed by atoms with Gasteiger partial charge >= 0.3 is 10.1 Å². The lowest BCUT2D eigenvalue weighted by molar-refractivity contribution is -0.112. The van der Waals surface area contributed by atoms with Gasteiger partial charge in [-0.1, -0.05) is 45.2 Å². The summed E-state index contributed by atoms with van der Waals surface area (Å²) >= 11 is 9.15. The molecule has 0 bridgehead atoms. The molecule has 0 radical (unpaired) electrons. The lowest BCUT2D eigenvalue weighted by atomic mass is 10.1. The Kier molecular flexibility index (Phi) is 7.36. The highest BCUT2D eigenvalue weighted by molar-refractivity contribution is 9.10. The number of rotatable bonds is 6. The molecule has 0 aromatic heterocycles. The number of amides is 1. The normalized spacial score (nSPS) is 11.5. The van der Waals surface area contributed by atoms with Crippen molar-refractivity contribution in [1.82, 2.24) is 0 Å². The number of benzene rings is 3. The van der Waals surface area contributed by atoms with E-state index >= 15 is 0 Å². The Labute approximate surface area is 199 Å². The summed E-state index contributed by atoms with van der Waals surface area (Å²) in [4.78, 5) is 12.6. The van der Waals surface area contributed by atoms with Crippen LogP contribution in [-0.2, 0) is 14.9 Å². The van der Waals surface area contributed by atoms with Crippen molar-refractivity contribution in [3.63, 3.8) is 0 Å². The second kappa shape index (κ2) is 10.0. The Morgan fingerprint density at radius 2 is 1.75 bits per heavy atom. The van der Waals surface area contributed by atoms with E-state index in [1.54, 1.807) is 48.5 Å². The minimum absolute atomic E-state index is 0.0121. The van der Waals surface area contributed by atoms with Crippen LogP contribution in [0.25, 0.3) is 6.08 Å². The fourth-order valence-electron chi connectivity index (χ4n) is 2.61. The average molecular weight is 532 g/mol. The molecule has 3 rings (SSSR count). The first-order valence-electron chi connectivity index (χ1n) is 9.17. The second-order valence-electron chi connectivity index (χ2n) is 6.66. The molecule has 6 nitrogen and oxygen atoms in total. The third-order valence-electron chi connectivity index (χ3n) is 4.25. The quantitative estimate of drug-likeness (QED) is 0.249. The third kappa shape index (κ3) is 5.98. The van der Waals surface area contributed by atoms with Gasteiger partial charge in [0.15, 0.2) is 0 Å². The molecule has 0 aliphatic rings. The van der Waals surface area contributed by atoms with Gasteiger partial charge in [0, 0.05) is 20.7 Å². The lowest BCUT2D eigenvalue weighted by Gasteiger charge is -2.11. The molecule has 3 aromatic carbocycles. The van der Waals surface area contributed by atoms with Crippen LogP contribution >= 0.6 is 27.5 Å². The van der Waals surface area contributed by atoms with Gasteiger partial charge in [0.25, 0.3) is 5.91 Å². The first kappa shape index (κ1) is 23.5. The molecule has 9 heteroatoms. The van der Waals surface area contributed by atoms with Crippen LogP contribution in [0, 0.1) is 18.3 Å². The van der Waals surface area contributed by atoms with E-state index in [1.165, 1.54) is 24.3 Å². The zero-order valence-electron chi connectivity index (χ0n) is 16.7. The SMILES string of the molecule is Cc1ccc(S(=O)(=O)Oc2ccc(Br)cc2/C=C(/C#N)C(=O)Nc2ccc(Cl)cc2)cc1. The van der Waals surface area contributed by atoms with E-state index in [2.05, 4.69) is 21.2 Å². The zero-order chi connectivity index (χ0) is 23.3. The van der Waals surface area contributed by atoms with Crippen molar-refractivity contribution in [1.29, 1.82) is 5.26 Å². The number of halogens is 2. The van der Waals surface area contributed by atoms with Gasteiger partial charge in [0.05, 0.1) is 0 Å². The summed E-state index contributed by atoms with van der Waals surface area (Å²) in [6.45, 7) is 1.84. The monoisotopic (exact) mass is 530 g/mol. The van der Waals surface area contributed by atoms with Crippen molar-refractivity contribution in [2.75, 3.05) is 5.32 Å². The highest BCUT2D eigenvalue weighted by Gasteiger charge is 2.19. The highest BCUT2D eigenvalue weighted by Crippen LogP contribution is 2.29. The molecular weight excluding hydrogens is 516 g/mol. The van der Waals surface area contributed by atoms with Crippen LogP contribution in [0.5, 0.6) is 5.75 Å². The number of carbonyl (C=O) groups excluding carboxylic acids is 1. The Balaban J connectivity index is 1.93. The predicted octanol–water partition coefficient (Wildman–Crippen LogP) is 5.72. The van der Waals surface area contributed by atoms with Gasteiger partial charge in [0.1, 0.15) is 22.3 Å². The van der Waals surface area contributed by atoms with Gasteiger partial charge < -0.3 is 9.50 Å². The summed E-state index contributed by atoms with van der Waals surface area (Å²) < 4.78 is 31.3. The van der Waals surface area contributed by atoms with Gasteiger partial charge in [0.2, 0.25) is 0 Å². The smallest absolute Gasteiger partial charge is 0.339 e. The molecule has 3 aromatic rings. The average Bonchev–Trinajstić information content (AvgIpc) is 2.75. The Hall–Kier alpha value is -3.12. The van der Waals surface area contributed by atoms with Crippen molar-refractivity contribution in [2.45, 2.75) is 11.8 Å². The molecule has 1 N–H and O–H groups in total. The Bertz CT molecular complexity index is 1330. The molecule has 0 spiro atoms. The van der Waals surface area contributed by atoms with E-state index in [0.717, 1.165) is 5.56 Å². The first-order valence-corrected chi connectivity index (χ1v) is 11.8. The van der Waals surface area contributed by atoms with Crippen molar-refractivity contribution in [2.24, 2.45) is 0 Å². The van der Waals surface area contributed by atoms with Crippen LogP contribution in [-0.4, -0.2) is 14.3 Å². The Morgan fingerprint density at radius 3 is 2.38 bits per heavy atom. The van der Waals surface area contributed by atoms with E-state index < -0.39 is 16.0 Å². The molecule has 0 aliphatic heterocycles. The Morgan fingerprint density at radius 1 is 1.09 bits per heavy atom. The molecule has 162 valence electrons. The van der Waals surface area contributed by atoms with Gasteiger partial charge in [-0.25, -0.2) is 0 Å². The van der Waals surface area contributed by atoms with Crippen molar-refractivity contribution in [3.8, 4) is 11.8 Å². The fraction of sp³-hybridized carbons (Fsp3) is 0.0435. The molecule has 0 unspecified atom stereocenters. The van der Waals surface area contributed by atoms with Crippen LogP contribution in [0.2, 0.25) is 5.02 Å². The minimum Gasteiger partial charge on any atom is -0.378 e. The molecule has 0 heterocycles. The van der Waals surface area contributed by atoms with Crippen LogP contribution in [0.3, 0.4) is 0 Å². The number of anilines is 1. The summed E-state index contributed by atoms with van der Waals surface area (Å²) in [7, 11) is -4.12. The number of aryl methyl sites for hydroxylation is 1. The number of nitriles is 1. The fourth-order valence-corrected chi connectivity index (χ4v) is 4.07. The molecule has 0 aliphatic carbocycles. The largest absolute Gasteiger partial charge is 0.378 e. The number of hydrogen-bond donors (Lipinski definition) is 1. The van der Waals surface area contributed by atoms with Gasteiger partial charge in [-0.15, -0.1) is 0 Å². The maximum Gasteiger partial charge on any atom is 0.339 e. The van der Waals surface area contributed by atoms with Crippen molar-refractivity contribution >= 4 is 55.3 Å². The van der Waals surface area contributed by atoms with E-state index in [1.807, 2.05) is 13.0 Å². The number of carbonyl (C=O) groups is 1. The zero-order valence-corrected chi connectivity index (χ0v) is 19.8. The van der Waals surface area contributed by atoms with E-state index in [-0.39, 0.29) is 21.8 Å².